The third kappa shape index (κ3) is 2.59. The average molecular weight is 250 g/mol. The Labute approximate surface area is 98.8 Å². The maximum atomic E-state index is 11.8. The molecule has 4 heteroatoms. The van der Waals surface area contributed by atoms with Crippen LogP contribution < -0.4 is 0 Å². The second-order valence-electron chi connectivity index (χ2n) is 3.19. The minimum Gasteiger partial charge on any atom is -0.218 e. The fourth-order valence-electron chi connectivity index (χ4n) is 1.22. The molecule has 0 unspecified atom stereocenters. The lowest BCUT2D eigenvalue weighted by Gasteiger charge is -1.94. The van der Waals surface area contributed by atoms with Crippen molar-refractivity contribution in [2.75, 3.05) is 0 Å². The van der Waals surface area contributed by atoms with Gasteiger partial charge >= 0.3 is 0 Å². The van der Waals surface area contributed by atoms with Gasteiger partial charge in [0, 0.05) is 5.41 Å². The number of sulfone groups is 1. The number of hydrogen-bond donors (Lipinski definition) is 0. The van der Waals surface area contributed by atoms with Crippen LogP contribution >= 0.6 is 11.3 Å². The summed E-state index contributed by atoms with van der Waals surface area (Å²) in [6.45, 7) is 0. The number of thiophene rings is 1. The summed E-state index contributed by atoms with van der Waals surface area (Å²) >= 11 is 1.23. The van der Waals surface area contributed by atoms with E-state index in [1.165, 1.54) is 16.7 Å². The van der Waals surface area contributed by atoms with E-state index in [0.29, 0.717) is 4.21 Å². The molecule has 82 valence electrons. The van der Waals surface area contributed by atoms with Gasteiger partial charge in [0.05, 0.1) is 0 Å². The first-order chi connectivity index (χ1) is 7.68. The highest BCUT2D eigenvalue weighted by Crippen LogP contribution is 2.19. The van der Waals surface area contributed by atoms with Gasteiger partial charge in [-0.1, -0.05) is 36.4 Å². The zero-order chi connectivity index (χ0) is 11.4. The minimum atomic E-state index is -3.28. The first-order valence-electron chi connectivity index (χ1n) is 4.70. The van der Waals surface area contributed by atoms with Crippen LogP contribution in [0.15, 0.2) is 57.5 Å². The Morgan fingerprint density at radius 3 is 2.38 bits per heavy atom. The number of rotatable bonds is 3. The summed E-state index contributed by atoms with van der Waals surface area (Å²) in [6.07, 6.45) is 1.61. The van der Waals surface area contributed by atoms with E-state index in [2.05, 4.69) is 0 Å². The molecule has 0 atom stereocenters. The van der Waals surface area contributed by atoms with Gasteiger partial charge in [0.25, 0.3) is 0 Å². The zero-order valence-corrected chi connectivity index (χ0v) is 10.0. The van der Waals surface area contributed by atoms with E-state index in [1.54, 1.807) is 23.6 Å². The minimum absolute atomic E-state index is 0.375. The molecule has 1 aromatic carbocycles. The third-order valence-corrected chi connectivity index (χ3v) is 4.85. The lowest BCUT2D eigenvalue weighted by molar-refractivity contribution is 0.606. The smallest absolute Gasteiger partial charge is 0.209 e. The van der Waals surface area contributed by atoms with Gasteiger partial charge in [0.2, 0.25) is 9.84 Å². The van der Waals surface area contributed by atoms with Crippen molar-refractivity contribution in [2.24, 2.45) is 0 Å². The largest absolute Gasteiger partial charge is 0.218 e. The van der Waals surface area contributed by atoms with Crippen LogP contribution in [0.4, 0.5) is 0 Å². The maximum Gasteiger partial charge on any atom is 0.209 e. The fourth-order valence-corrected chi connectivity index (χ4v) is 3.28. The molecule has 0 saturated carbocycles. The third-order valence-electron chi connectivity index (χ3n) is 2.01. The van der Waals surface area contributed by atoms with E-state index in [4.69, 9.17) is 0 Å². The molecule has 16 heavy (non-hydrogen) atoms. The topological polar surface area (TPSA) is 34.1 Å². The molecule has 0 fully saturated rings. The van der Waals surface area contributed by atoms with Gasteiger partial charge < -0.3 is 0 Å². The Kier molecular flexibility index (Phi) is 3.22. The molecule has 2 rings (SSSR count). The lowest BCUT2D eigenvalue weighted by Crippen LogP contribution is -1.91. The lowest BCUT2D eigenvalue weighted by atomic mass is 10.2. The van der Waals surface area contributed by atoms with Gasteiger partial charge in [0.15, 0.2) is 0 Å². The van der Waals surface area contributed by atoms with E-state index in [-0.39, 0.29) is 0 Å². The second-order valence-corrected chi connectivity index (χ2v) is 6.20. The summed E-state index contributed by atoms with van der Waals surface area (Å²) in [6, 6.07) is 12.7. The van der Waals surface area contributed by atoms with Crippen LogP contribution in [0.5, 0.6) is 0 Å². The molecule has 0 radical (unpaired) electrons. The van der Waals surface area contributed by atoms with Gasteiger partial charge in [-0.15, -0.1) is 11.3 Å². The standard InChI is InChI=1S/C12H10O2S2/c13-16(14,12-7-4-9-15-12)10-8-11-5-2-1-3-6-11/h1-10H/b10-8+. The fraction of sp³-hybridized carbons (Fsp3) is 0. The number of benzene rings is 1. The monoisotopic (exact) mass is 250 g/mol. The van der Waals surface area contributed by atoms with E-state index < -0.39 is 9.84 Å². The first kappa shape index (κ1) is 11.1. The molecule has 0 aliphatic carbocycles. The van der Waals surface area contributed by atoms with Gasteiger partial charge in [0.1, 0.15) is 4.21 Å². The molecule has 1 aromatic heterocycles. The summed E-state index contributed by atoms with van der Waals surface area (Å²) in [5.41, 5.74) is 0.877. The van der Waals surface area contributed by atoms with Crippen LogP contribution in [-0.4, -0.2) is 8.42 Å². The Morgan fingerprint density at radius 2 is 1.75 bits per heavy atom. The Bertz CT molecular complexity index is 567. The maximum absolute atomic E-state index is 11.8. The van der Waals surface area contributed by atoms with Crippen LogP contribution in [0.2, 0.25) is 0 Å². The van der Waals surface area contributed by atoms with Crippen molar-refractivity contribution in [3.63, 3.8) is 0 Å². The van der Waals surface area contributed by atoms with Crippen molar-refractivity contribution in [1.29, 1.82) is 0 Å². The van der Waals surface area contributed by atoms with Crippen LogP contribution in [0, 0.1) is 0 Å². The molecular formula is C12H10O2S2. The second kappa shape index (κ2) is 4.63. The van der Waals surface area contributed by atoms with Crippen LogP contribution in [0.25, 0.3) is 6.08 Å². The highest BCUT2D eigenvalue weighted by Gasteiger charge is 2.10. The molecule has 0 aliphatic rings. The Balaban J connectivity index is 2.26. The van der Waals surface area contributed by atoms with Crippen LogP contribution in [0.3, 0.4) is 0 Å². The van der Waals surface area contributed by atoms with Crippen molar-refractivity contribution in [2.45, 2.75) is 4.21 Å². The molecule has 0 amide bonds. The summed E-state index contributed by atoms with van der Waals surface area (Å²) in [5.74, 6) is 0. The van der Waals surface area contributed by atoms with Crippen molar-refractivity contribution in [1.82, 2.24) is 0 Å². The SMILES string of the molecule is O=S(=O)(/C=C/c1ccccc1)c1cccs1. The van der Waals surface area contributed by atoms with Crippen molar-refractivity contribution >= 4 is 27.3 Å². The summed E-state index contributed by atoms with van der Waals surface area (Å²) < 4.78 is 24.0. The predicted octanol–water partition coefficient (Wildman–Crippen LogP) is 3.19. The van der Waals surface area contributed by atoms with E-state index in [1.807, 2.05) is 30.3 Å². The highest BCUT2D eigenvalue weighted by atomic mass is 32.2. The van der Waals surface area contributed by atoms with E-state index in [0.717, 1.165) is 5.56 Å². The Hall–Kier alpha value is -1.39. The molecule has 0 bridgehead atoms. The molecule has 0 aliphatic heterocycles. The molecule has 0 spiro atoms. The van der Waals surface area contributed by atoms with Gasteiger partial charge in [-0.05, 0) is 23.1 Å². The van der Waals surface area contributed by atoms with E-state index in [9.17, 15) is 8.42 Å². The van der Waals surface area contributed by atoms with Gasteiger partial charge in [-0.3, -0.25) is 0 Å². The normalized spacial score (nSPS) is 12.0. The van der Waals surface area contributed by atoms with Crippen LogP contribution in [-0.2, 0) is 9.84 Å². The summed E-state index contributed by atoms with van der Waals surface area (Å²) in [7, 11) is -3.28. The van der Waals surface area contributed by atoms with Crippen molar-refractivity contribution < 1.29 is 8.42 Å². The first-order valence-corrected chi connectivity index (χ1v) is 7.13. The average Bonchev–Trinajstić information content (AvgIpc) is 2.82. The quantitative estimate of drug-likeness (QED) is 0.838. The van der Waals surface area contributed by atoms with Crippen LogP contribution in [0.1, 0.15) is 5.56 Å². The number of hydrogen-bond acceptors (Lipinski definition) is 3. The van der Waals surface area contributed by atoms with E-state index >= 15 is 0 Å². The van der Waals surface area contributed by atoms with Gasteiger partial charge in [-0.25, -0.2) is 8.42 Å². The Morgan fingerprint density at radius 1 is 1.00 bits per heavy atom. The summed E-state index contributed by atoms with van der Waals surface area (Å²) in [4.78, 5) is 0. The van der Waals surface area contributed by atoms with Gasteiger partial charge in [-0.2, -0.15) is 0 Å². The molecule has 2 aromatic rings. The molecule has 2 nitrogen and oxygen atoms in total. The van der Waals surface area contributed by atoms with Crippen molar-refractivity contribution in [3.05, 3.63) is 58.8 Å². The summed E-state index contributed by atoms with van der Waals surface area (Å²) in [5, 5.41) is 3.00. The predicted molar refractivity (Wildman–Crippen MR) is 67.0 cm³/mol. The molecule has 0 N–H and O–H groups in total. The zero-order valence-electron chi connectivity index (χ0n) is 8.41. The molecular weight excluding hydrogens is 240 g/mol. The van der Waals surface area contributed by atoms with Crippen molar-refractivity contribution in [3.8, 4) is 0 Å². The molecule has 1 heterocycles. The highest BCUT2D eigenvalue weighted by molar-refractivity contribution is 7.96. The molecule has 0 saturated heterocycles.